The molecule has 1 saturated carbocycles. The van der Waals surface area contributed by atoms with Crippen LogP contribution >= 0.6 is 11.3 Å². The molecule has 1 amide bonds. The van der Waals surface area contributed by atoms with Crippen LogP contribution in [0.5, 0.6) is 0 Å². The van der Waals surface area contributed by atoms with Crippen LogP contribution in [0.15, 0.2) is 29.2 Å². The first-order valence-electron chi connectivity index (χ1n) is 7.88. The molecule has 7 heteroatoms. The van der Waals surface area contributed by atoms with E-state index >= 15 is 0 Å². The molecular weight excluding hydrogens is 344 g/mol. The summed E-state index contributed by atoms with van der Waals surface area (Å²) in [5.74, 6) is 0.0352. The smallest absolute Gasteiger partial charge is 0.262 e. The van der Waals surface area contributed by atoms with Gasteiger partial charge in [-0.3, -0.25) is 9.52 Å². The highest BCUT2D eigenvalue weighted by Crippen LogP contribution is 2.51. The minimum absolute atomic E-state index is 0.0352. The third-order valence-electron chi connectivity index (χ3n) is 4.96. The van der Waals surface area contributed by atoms with E-state index in [1.54, 1.807) is 31.2 Å². The molecule has 0 radical (unpaired) electrons. The second-order valence-corrected chi connectivity index (χ2v) is 9.64. The lowest BCUT2D eigenvalue weighted by Gasteiger charge is -2.36. The molecule has 24 heavy (non-hydrogen) atoms. The summed E-state index contributed by atoms with van der Waals surface area (Å²) in [6.07, 6.45) is 2.67. The van der Waals surface area contributed by atoms with Crippen molar-refractivity contribution in [3.8, 4) is 0 Å². The minimum Gasteiger partial charge on any atom is -0.325 e. The molecule has 1 aromatic carbocycles. The van der Waals surface area contributed by atoms with Gasteiger partial charge < -0.3 is 5.32 Å². The SMILES string of the molecule is Cc1cc(S(=O)(=O)Nc2ccc3c(c2)C2(CCC2)C(=O)N3)c(C)s1. The number of amides is 1. The van der Waals surface area contributed by atoms with Crippen molar-refractivity contribution in [3.05, 3.63) is 39.6 Å². The molecule has 1 aliphatic heterocycles. The van der Waals surface area contributed by atoms with Gasteiger partial charge in [-0.1, -0.05) is 6.42 Å². The molecule has 2 aromatic rings. The van der Waals surface area contributed by atoms with E-state index in [4.69, 9.17) is 0 Å². The fourth-order valence-electron chi connectivity index (χ4n) is 3.59. The Morgan fingerprint density at radius 2 is 1.96 bits per heavy atom. The highest BCUT2D eigenvalue weighted by atomic mass is 32.2. The van der Waals surface area contributed by atoms with Crippen molar-refractivity contribution in [2.45, 2.75) is 43.4 Å². The third kappa shape index (κ3) is 2.18. The first kappa shape index (κ1) is 15.7. The van der Waals surface area contributed by atoms with Crippen molar-refractivity contribution in [2.24, 2.45) is 0 Å². The van der Waals surface area contributed by atoms with E-state index in [1.807, 2.05) is 6.92 Å². The van der Waals surface area contributed by atoms with Gasteiger partial charge in [-0.15, -0.1) is 11.3 Å². The van der Waals surface area contributed by atoms with Crippen LogP contribution in [0, 0.1) is 13.8 Å². The van der Waals surface area contributed by atoms with Crippen LogP contribution < -0.4 is 10.0 Å². The monoisotopic (exact) mass is 362 g/mol. The van der Waals surface area contributed by atoms with Gasteiger partial charge >= 0.3 is 0 Å². The van der Waals surface area contributed by atoms with Gasteiger partial charge in [0, 0.05) is 21.1 Å². The van der Waals surface area contributed by atoms with E-state index in [0.29, 0.717) is 10.6 Å². The average Bonchev–Trinajstić information content (AvgIpc) is 2.94. The Balaban J connectivity index is 1.70. The fraction of sp³-hybridized carbons (Fsp3) is 0.353. The number of sulfonamides is 1. The molecule has 1 spiro atoms. The number of hydrogen-bond acceptors (Lipinski definition) is 4. The zero-order valence-electron chi connectivity index (χ0n) is 13.5. The topological polar surface area (TPSA) is 75.3 Å². The number of aryl methyl sites for hydroxylation is 2. The summed E-state index contributed by atoms with van der Waals surface area (Å²) in [5.41, 5.74) is 1.76. The van der Waals surface area contributed by atoms with Crippen molar-refractivity contribution in [3.63, 3.8) is 0 Å². The largest absolute Gasteiger partial charge is 0.325 e. The van der Waals surface area contributed by atoms with Crippen LogP contribution in [0.2, 0.25) is 0 Å². The van der Waals surface area contributed by atoms with Gasteiger partial charge in [0.25, 0.3) is 10.0 Å². The van der Waals surface area contributed by atoms with Gasteiger partial charge in [0.2, 0.25) is 5.91 Å². The van der Waals surface area contributed by atoms with Crippen LogP contribution in [-0.4, -0.2) is 14.3 Å². The van der Waals surface area contributed by atoms with E-state index in [9.17, 15) is 13.2 Å². The van der Waals surface area contributed by atoms with Gasteiger partial charge in [0.15, 0.2) is 0 Å². The van der Waals surface area contributed by atoms with E-state index in [2.05, 4.69) is 10.0 Å². The summed E-state index contributed by atoms with van der Waals surface area (Å²) in [6, 6.07) is 6.97. The Kier molecular flexibility index (Phi) is 3.30. The number of hydrogen-bond donors (Lipinski definition) is 2. The quantitative estimate of drug-likeness (QED) is 0.877. The molecule has 1 fully saturated rings. The van der Waals surface area contributed by atoms with Crippen molar-refractivity contribution >= 4 is 38.6 Å². The van der Waals surface area contributed by atoms with Gasteiger partial charge in [-0.25, -0.2) is 8.42 Å². The summed E-state index contributed by atoms with van der Waals surface area (Å²) >= 11 is 1.47. The number of nitrogens with one attached hydrogen (secondary N) is 2. The predicted molar refractivity (Wildman–Crippen MR) is 95.2 cm³/mol. The summed E-state index contributed by atoms with van der Waals surface area (Å²) in [4.78, 5) is 14.3. The van der Waals surface area contributed by atoms with Gasteiger partial charge in [-0.05, 0) is 56.5 Å². The van der Waals surface area contributed by atoms with Crippen LogP contribution in [0.1, 0.15) is 34.6 Å². The van der Waals surface area contributed by atoms with Crippen molar-refractivity contribution in [1.29, 1.82) is 0 Å². The number of anilines is 2. The number of thiophene rings is 1. The number of rotatable bonds is 3. The minimum atomic E-state index is -3.63. The Hall–Kier alpha value is -1.86. The lowest BCUT2D eigenvalue weighted by Crippen LogP contribution is -2.40. The second-order valence-electron chi connectivity index (χ2n) is 6.53. The van der Waals surface area contributed by atoms with Crippen LogP contribution in [-0.2, 0) is 20.2 Å². The molecule has 5 nitrogen and oxygen atoms in total. The lowest BCUT2D eigenvalue weighted by molar-refractivity contribution is -0.123. The molecule has 2 N–H and O–H groups in total. The number of carbonyl (C=O) groups is 1. The second kappa shape index (κ2) is 5.07. The maximum atomic E-state index is 12.7. The van der Waals surface area contributed by atoms with Gasteiger partial charge in [0.05, 0.1) is 5.41 Å². The first-order valence-corrected chi connectivity index (χ1v) is 10.2. The molecule has 0 unspecified atom stereocenters. The summed E-state index contributed by atoms with van der Waals surface area (Å²) < 4.78 is 28.0. The average molecular weight is 362 g/mol. The summed E-state index contributed by atoms with van der Waals surface area (Å²) in [7, 11) is -3.63. The number of fused-ring (bicyclic) bond motifs is 2. The Morgan fingerprint density at radius 1 is 1.21 bits per heavy atom. The third-order valence-corrected chi connectivity index (χ3v) is 7.56. The van der Waals surface area contributed by atoms with Crippen LogP contribution in [0.4, 0.5) is 11.4 Å². The molecule has 2 aliphatic rings. The summed E-state index contributed by atoms with van der Waals surface area (Å²) in [6.45, 7) is 3.70. The highest BCUT2D eigenvalue weighted by Gasteiger charge is 2.51. The van der Waals surface area contributed by atoms with Gasteiger partial charge in [-0.2, -0.15) is 0 Å². The van der Waals surface area contributed by atoms with Crippen molar-refractivity contribution in [2.75, 3.05) is 10.0 Å². The van der Waals surface area contributed by atoms with Gasteiger partial charge in [0.1, 0.15) is 4.90 Å². The lowest BCUT2D eigenvalue weighted by atomic mass is 9.65. The van der Waals surface area contributed by atoms with E-state index in [-0.39, 0.29) is 5.91 Å². The molecule has 0 atom stereocenters. The normalized spacial score (nSPS) is 18.2. The molecule has 0 bridgehead atoms. The summed E-state index contributed by atoms with van der Waals surface area (Å²) in [5, 5.41) is 2.91. The van der Waals surface area contributed by atoms with Crippen molar-refractivity contribution < 1.29 is 13.2 Å². The van der Waals surface area contributed by atoms with Crippen molar-refractivity contribution in [1.82, 2.24) is 0 Å². The Morgan fingerprint density at radius 3 is 2.54 bits per heavy atom. The zero-order valence-corrected chi connectivity index (χ0v) is 15.1. The molecule has 0 saturated heterocycles. The number of carbonyl (C=O) groups excluding carboxylic acids is 1. The molecule has 2 heterocycles. The molecular formula is C17H18N2O3S2. The first-order chi connectivity index (χ1) is 11.3. The highest BCUT2D eigenvalue weighted by molar-refractivity contribution is 7.93. The Labute approximate surface area is 145 Å². The zero-order chi connectivity index (χ0) is 17.1. The van der Waals surface area contributed by atoms with Crippen LogP contribution in [0.25, 0.3) is 0 Å². The molecule has 1 aliphatic carbocycles. The molecule has 4 rings (SSSR count). The van der Waals surface area contributed by atoms with E-state index in [0.717, 1.165) is 40.3 Å². The number of benzene rings is 1. The molecule has 126 valence electrons. The standard InChI is InChI=1S/C17H18N2O3S2/c1-10-8-15(11(2)23-10)24(21,22)19-12-4-5-14-13(9-12)17(6-3-7-17)16(20)18-14/h4-5,8-9,19H,3,6-7H2,1-2H3,(H,18,20). The van der Waals surface area contributed by atoms with E-state index < -0.39 is 15.4 Å². The maximum Gasteiger partial charge on any atom is 0.262 e. The fourth-order valence-corrected chi connectivity index (χ4v) is 6.19. The van der Waals surface area contributed by atoms with Crippen LogP contribution in [0.3, 0.4) is 0 Å². The molecule has 1 aromatic heterocycles. The van der Waals surface area contributed by atoms with E-state index in [1.165, 1.54) is 11.3 Å². The Bertz CT molecular complexity index is 956. The predicted octanol–water partition coefficient (Wildman–Crippen LogP) is 3.54. The maximum absolute atomic E-state index is 12.7.